The monoisotopic (exact) mass is 397 g/mol. The fraction of sp³-hybridized carbons (Fsp3) is 0.381. The van der Waals surface area contributed by atoms with Crippen LogP contribution in [0.1, 0.15) is 24.0 Å². The van der Waals surface area contributed by atoms with Crippen LogP contribution in [0.3, 0.4) is 0 Å². The summed E-state index contributed by atoms with van der Waals surface area (Å²) in [6.07, 6.45) is 0. The van der Waals surface area contributed by atoms with Gasteiger partial charge in [0.25, 0.3) is 5.69 Å². The number of carbonyl (C=O) groups excluding carboxylic acids is 1. The quantitative estimate of drug-likeness (QED) is 0.570. The van der Waals surface area contributed by atoms with Crippen LogP contribution in [-0.2, 0) is 11.3 Å². The van der Waals surface area contributed by atoms with Gasteiger partial charge in [-0.3, -0.25) is 19.8 Å². The van der Waals surface area contributed by atoms with Crippen LogP contribution in [0.15, 0.2) is 42.5 Å². The zero-order valence-corrected chi connectivity index (χ0v) is 16.2. The third-order valence-corrected chi connectivity index (χ3v) is 5.50. The Bertz CT molecular complexity index is 907. The van der Waals surface area contributed by atoms with Crippen LogP contribution in [0, 0.1) is 10.1 Å². The summed E-state index contributed by atoms with van der Waals surface area (Å²) in [4.78, 5) is 27.4. The summed E-state index contributed by atoms with van der Waals surface area (Å²) in [5.74, 6) is 1.30. The normalized spacial score (nSPS) is 17.2. The van der Waals surface area contributed by atoms with Crippen molar-refractivity contribution in [2.24, 2.45) is 0 Å². The Morgan fingerprint density at radius 3 is 2.45 bits per heavy atom. The summed E-state index contributed by atoms with van der Waals surface area (Å²) in [6.45, 7) is 5.85. The van der Waals surface area contributed by atoms with Gasteiger partial charge in [0.2, 0.25) is 12.7 Å². The number of fused-ring (bicyclic) bond motifs is 1. The molecule has 0 aliphatic carbocycles. The highest BCUT2D eigenvalue weighted by Crippen LogP contribution is 2.33. The first-order valence-electron chi connectivity index (χ1n) is 9.65. The largest absolute Gasteiger partial charge is 0.454 e. The van der Waals surface area contributed by atoms with Gasteiger partial charge in [-0.2, -0.15) is 0 Å². The molecule has 0 saturated carbocycles. The van der Waals surface area contributed by atoms with Crippen LogP contribution in [0.4, 0.5) is 5.69 Å². The van der Waals surface area contributed by atoms with Crippen molar-refractivity contribution in [2.75, 3.05) is 33.0 Å². The van der Waals surface area contributed by atoms with Gasteiger partial charge in [-0.05, 0) is 30.2 Å². The number of nitro groups is 1. The molecule has 0 aromatic heterocycles. The van der Waals surface area contributed by atoms with Crippen molar-refractivity contribution in [1.82, 2.24) is 9.80 Å². The van der Waals surface area contributed by atoms with Gasteiger partial charge in [-0.1, -0.05) is 18.2 Å². The van der Waals surface area contributed by atoms with E-state index in [2.05, 4.69) is 4.90 Å². The van der Waals surface area contributed by atoms with Crippen molar-refractivity contribution < 1.29 is 19.2 Å². The van der Waals surface area contributed by atoms with E-state index in [9.17, 15) is 14.9 Å². The van der Waals surface area contributed by atoms with Gasteiger partial charge in [0.15, 0.2) is 11.5 Å². The molecule has 8 heteroatoms. The standard InChI is InChI=1S/C21H23N3O5/c1-15(17-3-5-18(6-4-17)24(26)27)21(25)23-10-8-22(9-11-23)13-16-2-7-19-20(12-16)29-14-28-19/h2-7,12,15H,8-11,13-14H2,1H3. The molecule has 2 aliphatic rings. The van der Waals surface area contributed by atoms with E-state index in [1.54, 1.807) is 12.1 Å². The summed E-state index contributed by atoms with van der Waals surface area (Å²) >= 11 is 0. The van der Waals surface area contributed by atoms with E-state index in [4.69, 9.17) is 9.47 Å². The van der Waals surface area contributed by atoms with Crippen LogP contribution in [0.5, 0.6) is 11.5 Å². The molecule has 29 heavy (non-hydrogen) atoms. The molecule has 8 nitrogen and oxygen atoms in total. The third kappa shape index (κ3) is 4.17. The summed E-state index contributed by atoms with van der Waals surface area (Å²) in [6, 6.07) is 12.2. The summed E-state index contributed by atoms with van der Waals surface area (Å²) < 4.78 is 10.8. The van der Waals surface area contributed by atoms with E-state index in [1.165, 1.54) is 12.1 Å². The molecule has 1 amide bonds. The van der Waals surface area contributed by atoms with Gasteiger partial charge in [0.05, 0.1) is 10.8 Å². The van der Waals surface area contributed by atoms with Gasteiger partial charge in [0.1, 0.15) is 0 Å². The second-order valence-corrected chi connectivity index (χ2v) is 7.36. The molecule has 2 aromatic rings. The Hall–Kier alpha value is -3.13. The van der Waals surface area contributed by atoms with E-state index in [0.717, 1.165) is 42.3 Å². The van der Waals surface area contributed by atoms with Crippen LogP contribution in [0.25, 0.3) is 0 Å². The number of non-ortho nitro benzene ring substituents is 1. The van der Waals surface area contributed by atoms with Gasteiger partial charge in [0, 0.05) is 44.9 Å². The maximum Gasteiger partial charge on any atom is 0.269 e. The average molecular weight is 397 g/mol. The number of nitro benzene ring substituents is 1. The van der Waals surface area contributed by atoms with Crippen LogP contribution >= 0.6 is 0 Å². The van der Waals surface area contributed by atoms with E-state index in [-0.39, 0.29) is 24.3 Å². The Balaban J connectivity index is 1.31. The molecule has 1 unspecified atom stereocenters. The second kappa shape index (κ2) is 8.08. The topological polar surface area (TPSA) is 85.2 Å². The number of rotatable bonds is 5. The molecular formula is C21H23N3O5. The highest BCUT2D eigenvalue weighted by atomic mass is 16.7. The molecule has 0 bridgehead atoms. The molecule has 2 heterocycles. The number of benzene rings is 2. The van der Waals surface area contributed by atoms with Crippen molar-refractivity contribution in [3.8, 4) is 11.5 Å². The van der Waals surface area contributed by atoms with Crippen molar-refractivity contribution in [3.63, 3.8) is 0 Å². The lowest BCUT2D eigenvalue weighted by atomic mass is 9.99. The van der Waals surface area contributed by atoms with Crippen LogP contribution in [0.2, 0.25) is 0 Å². The van der Waals surface area contributed by atoms with Crippen molar-refractivity contribution >= 4 is 11.6 Å². The molecule has 2 aromatic carbocycles. The smallest absolute Gasteiger partial charge is 0.269 e. The maximum atomic E-state index is 12.9. The number of amides is 1. The summed E-state index contributed by atoms with van der Waals surface area (Å²) in [5.41, 5.74) is 1.99. The number of nitrogens with zero attached hydrogens (tertiary/aromatic N) is 3. The first kappa shape index (κ1) is 19.2. The summed E-state index contributed by atoms with van der Waals surface area (Å²) in [5, 5.41) is 10.8. The highest BCUT2D eigenvalue weighted by molar-refractivity contribution is 5.83. The van der Waals surface area contributed by atoms with E-state index >= 15 is 0 Å². The highest BCUT2D eigenvalue weighted by Gasteiger charge is 2.26. The molecule has 4 rings (SSSR count). The fourth-order valence-electron chi connectivity index (χ4n) is 3.73. The lowest BCUT2D eigenvalue weighted by molar-refractivity contribution is -0.384. The number of ether oxygens (including phenoxy) is 2. The average Bonchev–Trinajstić information content (AvgIpc) is 3.21. The lowest BCUT2D eigenvalue weighted by Gasteiger charge is -2.36. The van der Waals surface area contributed by atoms with Gasteiger partial charge >= 0.3 is 0 Å². The van der Waals surface area contributed by atoms with E-state index in [1.807, 2.05) is 30.0 Å². The number of hydrogen-bond donors (Lipinski definition) is 0. The van der Waals surface area contributed by atoms with Crippen molar-refractivity contribution in [3.05, 3.63) is 63.7 Å². The van der Waals surface area contributed by atoms with E-state index in [0.29, 0.717) is 13.1 Å². The van der Waals surface area contributed by atoms with E-state index < -0.39 is 4.92 Å². The fourth-order valence-corrected chi connectivity index (χ4v) is 3.73. The predicted molar refractivity (Wildman–Crippen MR) is 106 cm³/mol. The molecule has 0 spiro atoms. The minimum absolute atomic E-state index is 0.0329. The second-order valence-electron chi connectivity index (χ2n) is 7.36. The number of hydrogen-bond acceptors (Lipinski definition) is 6. The predicted octanol–water partition coefficient (Wildman–Crippen LogP) is 2.77. The maximum absolute atomic E-state index is 12.9. The Labute approximate surface area is 168 Å². The van der Waals surface area contributed by atoms with Gasteiger partial charge in [-0.15, -0.1) is 0 Å². The molecule has 1 fully saturated rings. The first-order valence-corrected chi connectivity index (χ1v) is 9.65. The molecule has 152 valence electrons. The Morgan fingerprint density at radius 2 is 1.76 bits per heavy atom. The molecule has 1 saturated heterocycles. The minimum Gasteiger partial charge on any atom is -0.454 e. The molecule has 0 radical (unpaired) electrons. The number of piperazine rings is 1. The summed E-state index contributed by atoms with van der Waals surface area (Å²) in [7, 11) is 0. The Kier molecular flexibility index (Phi) is 5.35. The van der Waals surface area contributed by atoms with Crippen molar-refractivity contribution in [2.45, 2.75) is 19.4 Å². The van der Waals surface area contributed by atoms with Gasteiger partial charge < -0.3 is 14.4 Å². The molecule has 2 aliphatic heterocycles. The molecular weight excluding hydrogens is 374 g/mol. The van der Waals surface area contributed by atoms with Gasteiger partial charge in [-0.25, -0.2) is 0 Å². The van der Waals surface area contributed by atoms with Crippen LogP contribution in [-0.4, -0.2) is 53.6 Å². The minimum atomic E-state index is -0.435. The number of carbonyl (C=O) groups is 1. The zero-order valence-electron chi connectivity index (χ0n) is 16.2. The molecule has 1 atom stereocenters. The van der Waals surface area contributed by atoms with Crippen LogP contribution < -0.4 is 9.47 Å². The zero-order chi connectivity index (χ0) is 20.4. The lowest BCUT2D eigenvalue weighted by Crippen LogP contribution is -2.49. The SMILES string of the molecule is CC(C(=O)N1CCN(Cc2ccc3c(c2)OCO3)CC1)c1ccc([N+](=O)[O-])cc1. The molecule has 0 N–H and O–H groups in total. The van der Waals surface area contributed by atoms with Crippen molar-refractivity contribution in [1.29, 1.82) is 0 Å². The third-order valence-electron chi connectivity index (χ3n) is 5.50. The Morgan fingerprint density at radius 1 is 1.07 bits per heavy atom. The first-order chi connectivity index (χ1) is 14.0.